The number of Topliss-reactive ketones (excluding diaryl/α,β-unsaturated/α-hetero) is 1. The van der Waals surface area contributed by atoms with Gasteiger partial charge in [0.25, 0.3) is 0 Å². The highest BCUT2D eigenvalue weighted by molar-refractivity contribution is 5.76. The van der Waals surface area contributed by atoms with Crippen molar-refractivity contribution in [2.24, 2.45) is 0 Å². The van der Waals surface area contributed by atoms with Gasteiger partial charge in [-0.3, -0.25) is 9.59 Å². The van der Waals surface area contributed by atoms with E-state index in [1.165, 1.54) is 14.0 Å². The van der Waals surface area contributed by atoms with Crippen LogP contribution in [0.3, 0.4) is 0 Å². The summed E-state index contributed by atoms with van der Waals surface area (Å²) in [6.45, 7) is 13.9. The minimum Gasteiger partial charge on any atom is -0.370 e. The fraction of sp³-hybridized carbons (Fsp3) is 0.895. The van der Waals surface area contributed by atoms with Crippen LogP contribution in [0.5, 0.6) is 0 Å². The lowest BCUT2D eigenvalue weighted by molar-refractivity contribution is -0.249. The number of hydrogen-bond acceptors (Lipinski definition) is 5. The highest BCUT2D eigenvalue weighted by Gasteiger charge is 2.29. The minimum absolute atomic E-state index is 0.0123. The molecule has 0 aromatic heterocycles. The average Bonchev–Trinajstić information content (AvgIpc) is 2.58. The van der Waals surface area contributed by atoms with Crippen LogP contribution in [0.4, 0.5) is 0 Å². The van der Waals surface area contributed by atoms with Gasteiger partial charge >= 0.3 is 0 Å². The highest BCUT2D eigenvalue weighted by atomic mass is 16.7. The largest absolute Gasteiger partial charge is 0.370 e. The summed E-state index contributed by atoms with van der Waals surface area (Å²) in [5.74, 6) is -0.954. The molecule has 0 saturated heterocycles. The summed E-state index contributed by atoms with van der Waals surface area (Å²) in [5, 5.41) is 2.90. The van der Waals surface area contributed by atoms with Crippen LogP contribution in [0, 0.1) is 0 Å². The third kappa shape index (κ3) is 15.0. The monoisotopic (exact) mass is 361 g/mol. The van der Waals surface area contributed by atoms with E-state index < -0.39 is 11.4 Å². The third-order valence-corrected chi connectivity index (χ3v) is 3.54. The molecular weight excluding hydrogens is 322 g/mol. The molecule has 0 aromatic rings. The van der Waals surface area contributed by atoms with Crippen molar-refractivity contribution in [2.45, 2.75) is 85.5 Å². The van der Waals surface area contributed by atoms with E-state index in [9.17, 15) is 9.59 Å². The van der Waals surface area contributed by atoms with Gasteiger partial charge in [0.2, 0.25) is 5.91 Å². The van der Waals surface area contributed by atoms with Crippen molar-refractivity contribution >= 4 is 11.7 Å². The Hall–Kier alpha value is -0.980. The maximum atomic E-state index is 11.6. The molecule has 6 nitrogen and oxygen atoms in total. The van der Waals surface area contributed by atoms with E-state index in [1.54, 1.807) is 6.92 Å². The molecule has 0 saturated carbocycles. The Balaban J connectivity index is 0. The molecule has 1 amide bonds. The third-order valence-electron chi connectivity index (χ3n) is 3.54. The van der Waals surface area contributed by atoms with Crippen molar-refractivity contribution in [3.8, 4) is 0 Å². The Bertz CT molecular complexity index is 371. The SMILES string of the molecule is CC.CCCCC(=O)NCCC(C)(C)OCC(C)(OC)OCC(C)=O. The Morgan fingerprint density at radius 1 is 1.08 bits per heavy atom. The molecule has 0 bridgehead atoms. The molecule has 25 heavy (non-hydrogen) atoms. The first-order chi connectivity index (χ1) is 11.6. The van der Waals surface area contributed by atoms with Gasteiger partial charge < -0.3 is 19.5 Å². The van der Waals surface area contributed by atoms with Crippen molar-refractivity contribution in [2.75, 3.05) is 26.9 Å². The fourth-order valence-corrected chi connectivity index (χ4v) is 1.74. The smallest absolute Gasteiger partial charge is 0.219 e. The molecule has 1 unspecified atom stereocenters. The van der Waals surface area contributed by atoms with Gasteiger partial charge in [-0.2, -0.15) is 0 Å². The maximum absolute atomic E-state index is 11.6. The Labute approximate surface area is 154 Å². The van der Waals surface area contributed by atoms with Crippen molar-refractivity contribution < 1.29 is 23.8 Å². The molecule has 0 aromatic carbocycles. The van der Waals surface area contributed by atoms with Crippen molar-refractivity contribution in [1.82, 2.24) is 5.32 Å². The molecule has 150 valence electrons. The topological polar surface area (TPSA) is 73.9 Å². The Morgan fingerprint density at radius 2 is 1.68 bits per heavy atom. The van der Waals surface area contributed by atoms with Gasteiger partial charge in [0.05, 0.1) is 5.60 Å². The summed E-state index contributed by atoms with van der Waals surface area (Å²) < 4.78 is 16.6. The predicted octanol–water partition coefficient (Wildman–Crippen LogP) is 3.47. The summed E-state index contributed by atoms with van der Waals surface area (Å²) in [5.41, 5.74) is -0.433. The molecule has 0 aliphatic rings. The summed E-state index contributed by atoms with van der Waals surface area (Å²) in [6, 6.07) is 0. The Morgan fingerprint density at radius 3 is 2.16 bits per heavy atom. The van der Waals surface area contributed by atoms with E-state index >= 15 is 0 Å². The molecular formula is C19H39NO5. The van der Waals surface area contributed by atoms with Gasteiger partial charge in [0.15, 0.2) is 11.6 Å². The second-order valence-corrected chi connectivity index (χ2v) is 6.58. The Kier molecular flexibility index (Phi) is 14.9. The number of carbonyl (C=O) groups is 2. The van der Waals surface area contributed by atoms with Crippen LogP contribution in [0.25, 0.3) is 0 Å². The second-order valence-electron chi connectivity index (χ2n) is 6.58. The second kappa shape index (κ2) is 14.2. The van der Waals surface area contributed by atoms with Gasteiger partial charge in [-0.15, -0.1) is 0 Å². The first kappa shape index (κ1) is 26.3. The van der Waals surface area contributed by atoms with Gasteiger partial charge in [0.1, 0.15) is 13.2 Å². The number of carbonyl (C=O) groups excluding carboxylic acids is 2. The van der Waals surface area contributed by atoms with Gasteiger partial charge in [-0.05, 0) is 40.5 Å². The van der Waals surface area contributed by atoms with Crippen molar-refractivity contribution in [3.63, 3.8) is 0 Å². The zero-order valence-corrected chi connectivity index (χ0v) is 17.5. The number of unbranched alkanes of at least 4 members (excludes halogenated alkanes) is 1. The maximum Gasteiger partial charge on any atom is 0.219 e. The number of nitrogens with one attached hydrogen (secondary N) is 1. The van der Waals surface area contributed by atoms with Crippen LogP contribution in [-0.2, 0) is 23.8 Å². The number of hydrogen-bond donors (Lipinski definition) is 1. The number of ketones is 1. The van der Waals surface area contributed by atoms with Crippen molar-refractivity contribution in [1.29, 1.82) is 0 Å². The molecule has 0 rings (SSSR count). The van der Waals surface area contributed by atoms with Crippen LogP contribution in [-0.4, -0.2) is 49.9 Å². The van der Waals surface area contributed by atoms with E-state index in [0.29, 0.717) is 19.4 Å². The number of methoxy groups -OCH3 is 1. The summed E-state index contributed by atoms with van der Waals surface area (Å²) >= 11 is 0. The van der Waals surface area contributed by atoms with E-state index in [-0.39, 0.29) is 24.9 Å². The van der Waals surface area contributed by atoms with Crippen molar-refractivity contribution in [3.05, 3.63) is 0 Å². The number of rotatable bonds is 13. The van der Waals surface area contributed by atoms with E-state index in [2.05, 4.69) is 12.2 Å². The molecule has 1 atom stereocenters. The van der Waals surface area contributed by atoms with Gasteiger partial charge in [-0.25, -0.2) is 0 Å². The molecule has 0 spiro atoms. The van der Waals surface area contributed by atoms with E-state index in [1.807, 2.05) is 27.7 Å². The average molecular weight is 362 g/mol. The zero-order valence-electron chi connectivity index (χ0n) is 17.5. The number of amides is 1. The summed E-state index contributed by atoms with van der Waals surface area (Å²) in [6.07, 6.45) is 3.17. The van der Waals surface area contributed by atoms with Crippen LogP contribution in [0.2, 0.25) is 0 Å². The number of ether oxygens (including phenoxy) is 3. The zero-order chi connectivity index (χ0) is 19.9. The first-order valence-corrected chi connectivity index (χ1v) is 9.23. The predicted molar refractivity (Wildman–Crippen MR) is 101 cm³/mol. The molecule has 0 heterocycles. The molecule has 1 N–H and O–H groups in total. The summed E-state index contributed by atoms with van der Waals surface area (Å²) in [7, 11) is 1.52. The lowest BCUT2D eigenvalue weighted by Gasteiger charge is -2.33. The van der Waals surface area contributed by atoms with E-state index in [0.717, 1.165) is 12.8 Å². The van der Waals surface area contributed by atoms with Gasteiger partial charge in [-0.1, -0.05) is 27.2 Å². The lowest BCUT2D eigenvalue weighted by Crippen LogP contribution is -2.42. The van der Waals surface area contributed by atoms with Crippen LogP contribution < -0.4 is 5.32 Å². The molecule has 0 radical (unpaired) electrons. The lowest BCUT2D eigenvalue weighted by atomic mass is 10.0. The molecule has 0 aliphatic heterocycles. The quantitative estimate of drug-likeness (QED) is 0.508. The van der Waals surface area contributed by atoms with Crippen LogP contribution >= 0.6 is 0 Å². The normalized spacial score (nSPS) is 13.4. The fourth-order valence-electron chi connectivity index (χ4n) is 1.74. The first-order valence-electron chi connectivity index (χ1n) is 9.23. The minimum atomic E-state index is -0.965. The molecule has 6 heteroatoms. The van der Waals surface area contributed by atoms with Crippen LogP contribution in [0.1, 0.15) is 74.1 Å². The standard InChI is InChI=1S/C17H33NO5.C2H6/c1-7-8-9-15(20)18-11-10-16(3,4)23-13-17(5,21-6)22-12-14(2)19;1-2/h7-13H2,1-6H3,(H,18,20);1-2H3. The molecule has 0 fully saturated rings. The van der Waals surface area contributed by atoms with E-state index in [4.69, 9.17) is 14.2 Å². The van der Waals surface area contributed by atoms with Gasteiger partial charge in [0, 0.05) is 20.1 Å². The molecule has 0 aliphatic carbocycles. The van der Waals surface area contributed by atoms with Crippen LogP contribution in [0.15, 0.2) is 0 Å². The summed E-state index contributed by atoms with van der Waals surface area (Å²) in [4.78, 5) is 22.6. The highest BCUT2D eigenvalue weighted by Crippen LogP contribution is 2.19.